The van der Waals surface area contributed by atoms with E-state index in [-0.39, 0.29) is 17.8 Å². The molecule has 2 rings (SSSR count). The number of benzene rings is 1. The SMILES string of the molecule is CC(=O)SCC([C]=O)Cc1ccc2c(c1)OCO2. The number of hydrogen-bond donors (Lipinski definition) is 0. The van der Waals surface area contributed by atoms with Crippen LogP contribution in [0.5, 0.6) is 11.5 Å². The second-order valence-corrected chi connectivity index (χ2v) is 5.21. The first-order valence-corrected chi connectivity index (χ1v) is 6.57. The summed E-state index contributed by atoms with van der Waals surface area (Å²) in [6.07, 6.45) is 2.53. The van der Waals surface area contributed by atoms with Crippen LogP contribution in [-0.2, 0) is 16.0 Å². The summed E-state index contributed by atoms with van der Waals surface area (Å²) in [7, 11) is 0. The molecule has 1 aromatic carbocycles. The zero-order chi connectivity index (χ0) is 13.0. The van der Waals surface area contributed by atoms with Gasteiger partial charge < -0.3 is 9.47 Å². The third-order valence-corrected chi connectivity index (χ3v) is 3.55. The zero-order valence-electron chi connectivity index (χ0n) is 9.97. The van der Waals surface area contributed by atoms with Gasteiger partial charge in [-0.05, 0) is 24.1 Å². The van der Waals surface area contributed by atoms with Crippen molar-refractivity contribution in [3.63, 3.8) is 0 Å². The lowest BCUT2D eigenvalue weighted by molar-refractivity contribution is -0.109. The fourth-order valence-corrected chi connectivity index (χ4v) is 2.33. The molecule has 95 valence electrons. The first kappa shape index (κ1) is 13.0. The van der Waals surface area contributed by atoms with Gasteiger partial charge in [0.15, 0.2) is 16.6 Å². The van der Waals surface area contributed by atoms with E-state index in [4.69, 9.17) is 9.47 Å². The minimum Gasteiger partial charge on any atom is -0.454 e. The molecule has 5 heteroatoms. The lowest BCUT2D eigenvalue weighted by Crippen LogP contribution is -2.10. The normalized spacial score (nSPS) is 14.3. The van der Waals surface area contributed by atoms with E-state index in [1.54, 1.807) is 0 Å². The van der Waals surface area contributed by atoms with E-state index in [0.29, 0.717) is 17.9 Å². The maximum Gasteiger partial charge on any atom is 0.231 e. The summed E-state index contributed by atoms with van der Waals surface area (Å²) < 4.78 is 10.5. The highest BCUT2D eigenvalue weighted by Gasteiger charge is 2.16. The van der Waals surface area contributed by atoms with Crippen LogP contribution in [0.4, 0.5) is 0 Å². The Morgan fingerprint density at radius 1 is 1.44 bits per heavy atom. The summed E-state index contributed by atoms with van der Waals surface area (Å²) in [5.74, 6) is 1.62. The molecule has 0 saturated carbocycles. The maximum absolute atomic E-state index is 10.9. The molecule has 0 bridgehead atoms. The summed E-state index contributed by atoms with van der Waals surface area (Å²) in [4.78, 5) is 21.7. The Bertz CT molecular complexity index is 458. The predicted molar refractivity (Wildman–Crippen MR) is 68.6 cm³/mol. The van der Waals surface area contributed by atoms with Gasteiger partial charge in [-0.3, -0.25) is 9.59 Å². The Morgan fingerprint density at radius 2 is 2.22 bits per heavy atom. The Hall–Kier alpha value is -1.49. The molecule has 1 unspecified atom stereocenters. The van der Waals surface area contributed by atoms with Crippen LogP contribution in [-0.4, -0.2) is 23.9 Å². The molecule has 0 aliphatic carbocycles. The van der Waals surface area contributed by atoms with Gasteiger partial charge in [-0.15, -0.1) is 0 Å². The largest absolute Gasteiger partial charge is 0.454 e. The van der Waals surface area contributed by atoms with Crippen LogP contribution in [0, 0.1) is 5.92 Å². The first-order valence-electron chi connectivity index (χ1n) is 5.58. The lowest BCUT2D eigenvalue weighted by atomic mass is 10.0. The van der Waals surface area contributed by atoms with Crippen molar-refractivity contribution in [3.8, 4) is 11.5 Å². The monoisotopic (exact) mass is 265 g/mol. The minimum atomic E-state index is -0.278. The summed E-state index contributed by atoms with van der Waals surface area (Å²) >= 11 is 1.15. The molecule has 4 nitrogen and oxygen atoms in total. The molecule has 18 heavy (non-hydrogen) atoms. The van der Waals surface area contributed by atoms with E-state index in [2.05, 4.69) is 0 Å². The standard InChI is InChI=1S/C13H13O4S/c1-9(15)18-7-11(6-14)4-10-2-3-12-13(5-10)17-8-16-12/h2-3,5,11H,4,7-8H2,1H3. The van der Waals surface area contributed by atoms with Crippen molar-refractivity contribution in [2.24, 2.45) is 5.92 Å². The number of thioether (sulfide) groups is 1. The average Bonchev–Trinajstić information content (AvgIpc) is 2.81. The molecule has 1 aromatic rings. The van der Waals surface area contributed by atoms with E-state index < -0.39 is 0 Å². The molecule has 1 radical (unpaired) electrons. The lowest BCUT2D eigenvalue weighted by Gasteiger charge is -2.08. The van der Waals surface area contributed by atoms with E-state index in [0.717, 1.165) is 23.1 Å². The van der Waals surface area contributed by atoms with Crippen molar-refractivity contribution < 1.29 is 19.1 Å². The molecule has 1 atom stereocenters. The number of rotatable bonds is 5. The second-order valence-electron chi connectivity index (χ2n) is 4.01. The van der Waals surface area contributed by atoms with E-state index >= 15 is 0 Å². The molecule has 1 heterocycles. The third-order valence-electron chi connectivity index (χ3n) is 2.57. The number of carbonyl (C=O) groups excluding carboxylic acids is 2. The van der Waals surface area contributed by atoms with Gasteiger partial charge in [-0.25, -0.2) is 0 Å². The highest BCUT2D eigenvalue weighted by molar-refractivity contribution is 8.13. The van der Waals surface area contributed by atoms with Crippen molar-refractivity contribution in [3.05, 3.63) is 23.8 Å². The summed E-state index contributed by atoms with van der Waals surface area (Å²) in [5.41, 5.74) is 0.983. The van der Waals surface area contributed by atoms with Crippen LogP contribution in [0.1, 0.15) is 12.5 Å². The van der Waals surface area contributed by atoms with Crippen molar-refractivity contribution in [1.82, 2.24) is 0 Å². The molecule has 1 aliphatic rings. The summed E-state index contributed by atoms with van der Waals surface area (Å²) in [6, 6.07) is 5.60. The molecule has 0 aromatic heterocycles. The van der Waals surface area contributed by atoms with Gasteiger partial charge in [0.2, 0.25) is 13.1 Å². The quantitative estimate of drug-likeness (QED) is 0.814. The average molecular weight is 265 g/mol. The Labute approximate surface area is 110 Å². The molecule has 0 saturated heterocycles. The molecule has 0 fully saturated rings. The summed E-state index contributed by atoms with van der Waals surface area (Å²) in [6.45, 7) is 1.73. The van der Waals surface area contributed by atoms with Gasteiger partial charge >= 0.3 is 0 Å². The van der Waals surface area contributed by atoms with Gasteiger partial charge in [0.1, 0.15) is 0 Å². The zero-order valence-corrected chi connectivity index (χ0v) is 10.8. The minimum absolute atomic E-state index is 0.0148. The van der Waals surface area contributed by atoms with Crippen molar-refractivity contribution in [2.75, 3.05) is 12.5 Å². The number of ether oxygens (including phenoxy) is 2. The smallest absolute Gasteiger partial charge is 0.231 e. The van der Waals surface area contributed by atoms with Crippen LogP contribution >= 0.6 is 11.8 Å². The van der Waals surface area contributed by atoms with Gasteiger partial charge in [0.05, 0.1) is 0 Å². The van der Waals surface area contributed by atoms with Gasteiger partial charge in [0, 0.05) is 18.6 Å². The number of fused-ring (bicyclic) bond motifs is 1. The number of carbonyl (C=O) groups is 1. The van der Waals surface area contributed by atoms with Crippen LogP contribution in [0.3, 0.4) is 0 Å². The van der Waals surface area contributed by atoms with Crippen LogP contribution < -0.4 is 9.47 Å². The third kappa shape index (κ3) is 3.26. The van der Waals surface area contributed by atoms with Gasteiger partial charge in [-0.2, -0.15) is 0 Å². The van der Waals surface area contributed by atoms with Crippen molar-refractivity contribution >= 4 is 23.2 Å². The Balaban J connectivity index is 1.98. The molecular formula is C13H13O4S. The van der Waals surface area contributed by atoms with Crippen LogP contribution in [0.25, 0.3) is 0 Å². The van der Waals surface area contributed by atoms with Crippen LogP contribution in [0.15, 0.2) is 18.2 Å². The van der Waals surface area contributed by atoms with Crippen molar-refractivity contribution in [1.29, 1.82) is 0 Å². The molecular weight excluding hydrogens is 252 g/mol. The van der Waals surface area contributed by atoms with Crippen molar-refractivity contribution in [2.45, 2.75) is 13.3 Å². The van der Waals surface area contributed by atoms with Gasteiger partial charge in [-0.1, -0.05) is 17.8 Å². The molecule has 0 spiro atoms. The molecule has 0 N–H and O–H groups in total. The predicted octanol–water partition coefficient (Wildman–Crippen LogP) is 1.96. The first-order chi connectivity index (χ1) is 8.69. The molecule has 0 amide bonds. The Morgan fingerprint density at radius 3 is 2.94 bits per heavy atom. The number of hydrogen-bond acceptors (Lipinski definition) is 5. The van der Waals surface area contributed by atoms with E-state index in [1.807, 2.05) is 24.5 Å². The fourth-order valence-electron chi connectivity index (χ4n) is 1.70. The van der Waals surface area contributed by atoms with Gasteiger partial charge in [0.25, 0.3) is 0 Å². The second kappa shape index (κ2) is 5.91. The summed E-state index contributed by atoms with van der Waals surface area (Å²) in [5, 5.41) is 0.0148. The highest BCUT2D eigenvalue weighted by Crippen LogP contribution is 2.33. The van der Waals surface area contributed by atoms with Crippen LogP contribution in [0.2, 0.25) is 0 Å². The highest BCUT2D eigenvalue weighted by atomic mass is 32.2. The molecule has 1 aliphatic heterocycles. The topological polar surface area (TPSA) is 52.6 Å². The Kier molecular flexibility index (Phi) is 4.25. The van der Waals surface area contributed by atoms with E-state index in [9.17, 15) is 9.59 Å². The maximum atomic E-state index is 10.9. The van der Waals surface area contributed by atoms with E-state index in [1.165, 1.54) is 6.92 Å². The fraction of sp³-hybridized carbons (Fsp3) is 0.385.